The van der Waals surface area contributed by atoms with E-state index in [1.165, 1.54) is 11.3 Å². The molecule has 0 aliphatic rings. The summed E-state index contributed by atoms with van der Waals surface area (Å²) in [6.45, 7) is 5.25. The molecular formula is C13H16N2O3S. The van der Waals surface area contributed by atoms with E-state index in [2.05, 4.69) is 10.3 Å². The summed E-state index contributed by atoms with van der Waals surface area (Å²) in [6, 6.07) is 3.70. The third-order valence-corrected chi connectivity index (χ3v) is 3.76. The van der Waals surface area contributed by atoms with Crippen LogP contribution in [0.25, 0.3) is 0 Å². The monoisotopic (exact) mass is 280 g/mol. The van der Waals surface area contributed by atoms with Crippen molar-refractivity contribution in [1.82, 2.24) is 4.98 Å². The van der Waals surface area contributed by atoms with Gasteiger partial charge in [0, 0.05) is 5.38 Å². The number of hydrogen-bond donors (Lipinski definition) is 2. The molecule has 2 N–H and O–H groups in total. The Bertz CT molecular complexity index is 560. The summed E-state index contributed by atoms with van der Waals surface area (Å²) in [6.07, 6.45) is 1.62. The molecule has 0 fully saturated rings. The van der Waals surface area contributed by atoms with Crippen LogP contribution < -0.4 is 5.32 Å². The van der Waals surface area contributed by atoms with Gasteiger partial charge in [-0.1, -0.05) is 0 Å². The molecule has 2 aromatic heterocycles. The molecule has 5 nitrogen and oxygen atoms in total. The number of rotatable bonds is 5. The van der Waals surface area contributed by atoms with E-state index >= 15 is 0 Å². The normalized spacial score (nSPS) is 13.2. The highest BCUT2D eigenvalue weighted by atomic mass is 32.1. The molecule has 0 aromatic carbocycles. The van der Waals surface area contributed by atoms with Crippen LogP contribution in [-0.4, -0.2) is 16.1 Å². The van der Waals surface area contributed by atoms with E-state index in [0.29, 0.717) is 10.8 Å². The predicted octanol–water partition coefficient (Wildman–Crippen LogP) is 3.27. The van der Waals surface area contributed by atoms with Gasteiger partial charge in [0.05, 0.1) is 18.0 Å². The molecule has 0 aliphatic heterocycles. The van der Waals surface area contributed by atoms with E-state index in [-0.39, 0.29) is 6.04 Å². The summed E-state index contributed by atoms with van der Waals surface area (Å²) in [7, 11) is 0. The fourth-order valence-electron chi connectivity index (χ4n) is 1.53. The molecule has 6 heteroatoms. The van der Waals surface area contributed by atoms with Crippen molar-refractivity contribution in [2.24, 2.45) is 0 Å². The van der Waals surface area contributed by atoms with Gasteiger partial charge < -0.3 is 14.8 Å². The number of carboxylic acids is 1. The van der Waals surface area contributed by atoms with Crippen LogP contribution in [0.4, 0.5) is 5.13 Å². The van der Waals surface area contributed by atoms with Crippen LogP contribution in [0.15, 0.2) is 28.2 Å². The average molecular weight is 280 g/mol. The van der Waals surface area contributed by atoms with Gasteiger partial charge in [0.15, 0.2) is 5.13 Å². The van der Waals surface area contributed by atoms with Gasteiger partial charge in [0.25, 0.3) is 0 Å². The van der Waals surface area contributed by atoms with E-state index in [4.69, 9.17) is 9.52 Å². The van der Waals surface area contributed by atoms with E-state index in [1.54, 1.807) is 25.5 Å². The summed E-state index contributed by atoms with van der Waals surface area (Å²) in [4.78, 5) is 15.5. The van der Waals surface area contributed by atoms with Crippen molar-refractivity contribution in [1.29, 1.82) is 0 Å². The van der Waals surface area contributed by atoms with Gasteiger partial charge in [0.2, 0.25) is 0 Å². The minimum Gasteiger partial charge on any atom is -0.481 e. The van der Waals surface area contributed by atoms with Crippen LogP contribution in [-0.2, 0) is 10.2 Å². The number of anilines is 1. The summed E-state index contributed by atoms with van der Waals surface area (Å²) in [5, 5.41) is 14.8. The van der Waals surface area contributed by atoms with E-state index in [1.807, 2.05) is 19.1 Å². The van der Waals surface area contributed by atoms with Crippen molar-refractivity contribution in [2.45, 2.75) is 32.2 Å². The molecule has 0 saturated carbocycles. The first-order valence-corrected chi connectivity index (χ1v) is 6.78. The van der Waals surface area contributed by atoms with Crippen molar-refractivity contribution in [3.05, 3.63) is 35.2 Å². The van der Waals surface area contributed by atoms with Crippen LogP contribution in [0, 0.1) is 0 Å². The summed E-state index contributed by atoms with van der Waals surface area (Å²) in [5.41, 5.74) is -0.427. The quantitative estimate of drug-likeness (QED) is 0.879. The Kier molecular flexibility index (Phi) is 3.61. The molecular weight excluding hydrogens is 264 g/mol. The lowest BCUT2D eigenvalue weighted by Gasteiger charge is -2.16. The number of thiazole rings is 1. The largest absolute Gasteiger partial charge is 0.481 e. The van der Waals surface area contributed by atoms with Gasteiger partial charge in [-0.05, 0) is 32.9 Å². The topological polar surface area (TPSA) is 75.4 Å². The molecule has 0 amide bonds. The fourth-order valence-corrected chi connectivity index (χ4v) is 2.50. The number of nitrogens with zero attached hydrogens (tertiary/aromatic N) is 1. The first-order chi connectivity index (χ1) is 8.91. The highest BCUT2D eigenvalue weighted by molar-refractivity contribution is 7.13. The van der Waals surface area contributed by atoms with Crippen LogP contribution in [0.1, 0.15) is 38.3 Å². The minimum absolute atomic E-state index is 0.0121. The lowest BCUT2D eigenvalue weighted by atomic mass is 9.90. The predicted molar refractivity (Wildman–Crippen MR) is 73.5 cm³/mol. The second kappa shape index (κ2) is 5.05. The molecule has 0 radical (unpaired) electrons. The molecule has 1 unspecified atom stereocenters. The SMILES string of the molecule is CC(Nc1nc(C(C)(C)C(=O)O)cs1)c1ccco1. The average Bonchev–Trinajstić information content (AvgIpc) is 2.99. The number of aliphatic carboxylic acids is 1. The zero-order valence-electron chi connectivity index (χ0n) is 11.0. The third kappa shape index (κ3) is 2.78. The molecule has 19 heavy (non-hydrogen) atoms. The Hall–Kier alpha value is -1.82. The summed E-state index contributed by atoms with van der Waals surface area (Å²) < 4.78 is 5.30. The molecule has 0 saturated heterocycles. The summed E-state index contributed by atoms with van der Waals surface area (Å²) in [5.74, 6) is -0.0716. The Morgan fingerprint density at radius 1 is 1.58 bits per heavy atom. The van der Waals surface area contributed by atoms with Gasteiger partial charge in [0.1, 0.15) is 11.2 Å². The summed E-state index contributed by atoms with van der Waals surface area (Å²) >= 11 is 1.39. The van der Waals surface area contributed by atoms with Gasteiger partial charge in [-0.25, -0.2) is 4.98 Å². The zero-order valence-corrected chi connectivity index (χ0v) is 11.8. The lowest BCUT2D eigenvalue weighted by Crippen LogP contribution is -2.28. The van der Waals surface area contributed by atoms with Crippen molar-refractivity contribution in [2.75, 3.05) is 5.32 Å². The highest BCUT2D eigenvalue weighted by Gasteiger charge is 2.32. The Labute approximate surface area is 115 Å². The first-order valence-electron chi connectivity index (χ1n) is 5.90. The maximum absolute atomic E-state index is 11.2. The molecule has 0 aliphatic carbocycles. The maximum atomic E-state index is 11.2. The van der Waals surface area contributed by atoms with Crippen LogP contribution in [0.5, 0.6) is 0 Å². The van der Waals surface area contributed by atoms with Crippen molar-refractivity contribution < 1.29 is 14.3 Å². The maximum Gasteiger partial charge on any atom is 0.315 e. The van der Waals surface area contributed by atoms with Gasteiger partial charge in [-0.3, -0.25) is 4.79 Å². The van der Waals surface area contributed by atoms with Gasteiger partial charge in [-0.15, -0.1) is 11.3 Å². The van der Waals surface area contributed by atoms with Crippen molar-refractivity contribution in [3.63, 3.8) is 0 Å². The Morgan fingerprint density at radius 2 is 2.32 bits per heavy atom. The van der Waals surface area contributed by atoms with E-state index in [9.17, 15) is 4.79 Å². The van der Waals surface area contributed by atoms with Crippen molar-refractivity contribution in [3.8, 4) is 0 Å². The number of carboxylic acid groups (broad SMARTS) is 1. The molecule has 102 valence electrons. The second-order valence-corrected chi connectivity index (χ2v) is 5.71. The van der Waals surface area contributed by atoms with Gasteiger partial charge >= 0.3 is 5.97 Å². The first kappa shape index (κ1) is 13.6. The van der Waals surface area contributed by atoms with E-state index in [0.717, 1.165) is 5.76 Å². The number of carbonyl (C=O) groups is 1. The second-order valence-electron chi connectivity index (χ2n) is 4.85. The number of nitrogens with one attached hydrogen (secondary N) is 1. The molecule has 2 aromatic rings. The molecule has 2 rings (SSSR count). The smallest absolute Gasteiger partial charge is 0.315 e. The molecule has 1 atom stereocenters. The van der Waals surface area contributed by atoms with E-state index < -0.39 is 11.4 Å². The van der Waals surface area contributed by atoms with Gasteiger partial charge in [-0.2, -0.15) is 0 Å². The van der Waals surface area contributed by atoms with Crippen LogP contribution in [0.3, 0.4) is 0 Å². The minimum atomic E-state index is -0.982. The molecule has 0 spiro atoms. The lowest BCUT2D eigenvalue weighted by molar-refractivity contribution is -0.142. The van der Waals surface area contributed by atoms with Crippen LogP contribution in [0.2, 0.25) is 0 Å². The standard InChI is InChI=1S/C13H16N2O3S/c1-8(9-5-4-6-18-9)14-12-15-10(7-19-12)13(2,3)11(16)17/h4-8H,1-3H3,(H,14,15)(H,16,17). The number of hydrogen-bond acceptors (Lipinski definition) is 5. The Balaban J connectivity index is 2.12. The third-order valence-electron chi connectivity index (χ3n) is 2.99. The van der Waals surface area contributed by atoms with Crippen LogP contribution >= 0.6 is 11.3 Å². The van der Waals surface area contributed by atoms with Crippen molar-refractivity contribution >= 4 is 22.4 Å². The molecule has 2 heterocycles. The fraction of sp³-hybridized carbons (Fsp3) is 0.385. The zero-order chi connectivity index (χ0) is 14.0. The Morgan fingerprint density at radius 3 is 2.89 bits per heavy atom. The number of furan rings is 1. The molecule has 0 bridgehead atoms. The number of aromatic nitrogens is 1. The highest BCUT2D eigenvalue weighted by Crippen LogP contribution is 2.29.